The van der Waals surface area contributed by atoms with Crippen LogP contribution in [0.5, 0.6) is 0 Å². The zero-order valence-corrected chi connectivity index (χ0v) is 11.7. The van der Waals surface area contributed by atoms with Crippen LogP contribution in [-0.4, -0.2) is 4.98 Å². The highest BCUT2D eigenvalue weighted by Crippen LogP contribution is 2.21. The second-order valence-corrected chi connectivity index (χ2v) is 5.02. The van der Waals surface area contributed by atoms with Crippen molar-refractivity contribution < 1.29 is 0 Å². The Hall–Kier alpha value is -2.12. The van der Waals surface area contributed by atoms with Crippen LogP contribution < -0.4 is 0 Å². The summed E-state index contributed by atoms with van der Waals surface area (Å²) in [5, 5.41) is 2.84. The van der Waals surface area contributed by atoms with E-state index in [-0.39, 0.29) is 0 Å². The number of benzene rings is 2. The van der Waals surface area contributed by atoms with Crippen molar-refractivity contribution in [2.75, 3.05) is 0 Å². The first-order valence-electron chi connectivity index (χ1n) is 6.59. The van der Waals surface area contributed by atoms with E-state index in [9.17, 15) is 0 Å². The van der Waals surface area contributed by atoms with Crippen LogP contribution in [0, 0.1) is 0 Å². The molecule has 2 heteroatoms. The third-order valence-corrected chi connectivity index (χ3v) is 3.40. The molecule has 0 aliphatic carbocycles. The number of rotatable bonds is 3. The van der Waals surface area contributed by atoms with Crippen LogP contribution in [0.15, 0.2) is 66.7 Å². The molecule has 3 rings (SSSR count). The number of halogens is 1. The fourth-order valence-corrected chi connectivity index (χ4v) is 2.48. The van der Waals surface area contributed by atoms with E-state index in [2.05, 4.69) is 41.4 Å². The predicted molar refractivity (Wildman–Crippen MR) is 85.9 cm³/mol. The molecule has 1 heterocycles. The Bertz CT molecular complexity index is 748. The molecule has 0 bridgehead atoms. The number of hydrogen-bond donors (Lipinski definition) is 0. The second kappa shape index (κ2) is 5.89. The summed E-state index contributed by atoms with van der Waals surface area (Å²) in [6.45, 7) is 0. The van der Waals surface area contributed by atoms with Crippen LogP contribution in [0.25, 0.3) is 16.8 Å². The largest absolute Gasteiger partial charge is 0.240 e. The molecule has 0 unspecified atom stereocenters. The molecule has 0 atom stereocenters. The van der Waals surface area contributed by atoms with Crippen LogP contribution in [-0.2, 0) is 6.42 Å². The molecule has 0 saturated carbocycles. The molecule has 0 aliphatic rings. The van der Waals surface area contributed by atoms with Crippen LogP contribution in [0.2, 0.25) is 5.15 Å². The van der Waals surface area contributed by atoms with E-state index >= 15 is 0 Å². The molecule has 1 nitrogen and oxygen atoms in total. The minimum Gasteiger partial charge on any atom is -0.240 e. The molecule has 1 aromatic heterocycles. The van der Waals surface area contributed by atoms with Crippen molar-refractivity contribution in [1.29, 1.82) is 0 Å². The predicted octanol–water partition coefficient (Wildman–Crippen LogP) is 5.14. The summed E-state index contributed by atoms with van der Waals surface area (Å²) in [6.07, 6.45) is 5.01. The molecule has 0 spiro atoms. The number of aromatic nitrogens is 1. The second-order valence-electron chi connectivity index (χ2n) is 4.63. The summed E-state index contributed by atoms with van der Waals surface area (Å²) >= 11 is 6.08. The van der Waals surface area contributed by atoms with E-state index in [1.807, 2.05) is 36.4 Å². The van der Waals surface area contributed by atoms with E-state index in [1.165, 1.54) is 5.56 Å². The van der Waals surface area contributed by atoms with Gasteiger partial charge in [0.2, 0.25) is 0 Å². The monoisotopic (exact) mass is 279 g/mol. The third-order valence-electron chi connectivity index (χ3n) is 3.21. The van der Waals surface area contributed by atoms with Crippen LogP contribution in [0.1, 0.15) is 11.3 Å². The standard InChI is InChI=1S/C18H14ClN/c19-18-13-15-10-4-5-11-16(15)17(20-18)12-6-9-14-7-2-1-3-8-14/h1-11,13H,12H2/b9-6+. The van der Waals surface area contributed by atoms with Crippen molar-refractivity contribution in [3.8, 4) is 0 Å². The van der Waals surface area contributed by atoms with E-state index in [0.29, 0.717) is 5.15 Å². The summed E-state index contributed by atoms with van der Waals surface area (Å²) in [7, 11) is 0. The topological polar surface area (TPSA) is 12.9 Å². The maximum absolute atomic E-state index is 6.08. The first kappa shape index (κ1) is 12.9. The van der Waals surface area contributed by atoms with Gasteiger partial charge in [0, 0.05) is 11.8 Å². The highest BCUT2D eigenvalue weighted by molar-refractivity contribution is 6.30. The smallest absolute Gasteiger partial charge is 0.129 e. The Balaban J connectivity index is 1.89. The summed E-state index contributed by atoms with van der Waals surface area (Å²) in [5.41, 5.74) is 2.21. The van der Waals surface area contributed by atoms with Crippen molar-refractivity contribution in [2.24, 2.45) is 0 Å². The maximum Gasteiger partial charge on any atom is 0.129 e. The van der Waals surface area contributed by atoms with Crippen molar-refractivity contribution in [3.05, 3.63) is 83.2 Å². The number of hydrogen-bond acceptors (Lipinski definition) is 1. The van der Waals surface area contributed by atoms with Gasteiger partial charge in [-0.05, 0) is 17.0 Å². The van der Waals surface area contributed by atoms with Crippen molar-refractivity contribution in [3.63, 3.8) is 0 Å². The average Bonchev–Trinajstić information content (AvgIpc) is 2.48. The van der Waals surface area contributed by atoms with Gasteiger partial charge in [0.15, 0.2) is 0 Å². The lowest BCUT2D eigenvalue weighted by Crippen LogP contribution is -1.90. The van der Waals surface area contributed by atoms with Gasteiger partial charge in [-0.2, -0.15) is 0 Å². The highest BCUT2D eigenvalue weighted by atomic mass is 35.5. The van der Waals surface area contributed by atoms with E-state index in [4.69, 9.17) is 11.6 Å². The molecule has 0 amide bonds. The van der Waals surface area contributed by atoms with Gasteiger partial charge in [-0.1, -0.05) is 78.4 Å². The van der Waals surface area contributed by atoms with Crippen LogP contribution >= 0.6 is 11.6 Å². The van der Waals surface area contributed by atoms with Crippen molar-refractivity contribution >= 4 is 28.4 Å². The fourth-order valence-electron chi connectivity index (χ4n) is 2.26. The molecule has 20 heavy (non-hydrogen) atoms. The molecule has 0 radical (unpaired) electrons. The Labute approximate surface area is 123 Å². The van der Waals surface area contributed by atoms with Gasteiger partial charge in [0.25, 0.3) is 0 Å². The van der Waals surface area contributed by atoms with E-state index < -0.39 is 0 Å². The zero-order chi connectivity index (χ0) is 13.8. The van der Waals surface area contributed by atoms with Gasteiger partial charge in [-0.15, -0.1) is 0 Å². The molecule has 0 N–H and O–H groups in total. The molecular weight excluding hydrogens is 266 g/mol. The van der Waals surface area contributed by atoms with Crippen molar-refractivity contribution in [2.45, 2.75) is 6.42 Å². The number of nitrogens with zero attached hydrogens (tertiary/aromatic N) is 1. The van der Waals surface area contributed by atoms with Gasteiger partial charge in [0.05, 0.1) is 5.69 Å². The molecular formula is C18H14ClN. The minimum absolute atomic E-state index is 0.548. The number of allylic oxidation sites excluding steroid dienone is 1. The van der Waals surface area contributed by atoms with Crippen LogP contribution in [0.4, 0.5) is 0 Å². The number of fused-ring (bicyclic) bond motifs is 1. The molecule has 2 aromatic carbocycles. The van der Waals surface area contributed by atoms with Gasteiger partial charge < -0.3 is 0 Å². The van der Waals surface area contributed by atoms with Gasteiger partial charge in [-0.3, -0.25) is 0 Å². The zero-order valence-electron chi connectivity index (χ0n) is 11.0. The quantitative estimate of drug-likeness (QED) is 0.605. The molecule has 3 aromatic rings. The first-order valence-corrected chi connectivity index (χ1v) is 6.96. The first-order chi connectivity index (χ1) is 9.83. The lowest BCUT2D eigenvalue weighted by atomic mass is 10.1. The van der Waals surface area contributed by atoms with Gasteiger partial charge >= 0.3 is 0 Å². The third kappa shape index (κ3) is 2.89. The maximum atomic E-state index is 6.08. The average molecular weight is 280 g/mol. The summed E-state index contributed by atoms with van der Waals surface area (Å²) in [6, 6.07) is 20.4. The molecule has 0 aliphatic heterocycles. The van der Waals surface area contributed by atoms with E-state index in [0.717, 1.165) is 22.9 Å². The fraction of sp³-hybridized carbons (Fsp3) is 0.0556. The Kier molecular flexibility index (Phi) is 3.80. The number of pyridine rings is 1. The Morgan fingerprint density at radius 2 is 1.70 bits per heavy atom. The lowest BCUT2D eigenvalue weighted by molar-refractivity contribution is 1.14. The van der Waals surface area contributed by atoms with E-state index in [1.54, 1.807) is 0 Å². The highest BCUT2D eigenvalue weighted by Gasteiger charge is 2.02. The molecule has 0 saturated heterocycles. The normalized spacial score (nSPS) is 11.2. The summed E-state index contributed by atoms with van der Waals surface area (Å²) < 4.78 is 0. The SMILES string of the molecule is Clc1cc2ccccc2c(C/C=C/c2ccccc2)n1. The van der Waals surface area contributed by atoms with Gasteiger partial charge in [0.1, 0.15) is 5.15 Å². The molecule has 0 fully saturated rings. The Morgan fingerprint density at radius 1 is 0.950 bits per heavy atom. The van der Waals surface area contributed by atoms with Crippen molar-refractivity contribution in [1.82, 2.24) is 4.98 Å². The summed E-state index contributed by atoms with van der Waals surface area (Å²) in [4.78, 5) is 4.45. The Morgan fingerprint density at radius 3 is 2.55 bits per heavy atom. The van der Waals surface area contributed by atoms with Gasteiger partial charge in [-0.25, -0.2) is 4.98 Å². The lowest BCUT2D eigenvalue weighted by Gasteiger charge is -2.04. The molecule has 98 valence electrons. The van der Waals surface area contributed by atoms with Crippen LogP contribution in [0.3, 0.4) is 0 Å². The summed E-state index contributed by atoms with van der Waals surface area (Å²) in [5.74, 6) is 0. The minimum atomic E-state index is 0.548.